The van der Waals surface area contributed by atoms with Gasteiger partial charge in [-0.15, -0.1) is 11.8 Å². The minimum Gasteiger partial charge on any atom is -0.398 e. The van der Waals surface area contributed by atoms with Crippen molar-refractivity contribution in [2.45, 2.75) is 36.8 Å². The summed E-state index contributed by atoms with van der Waals surface area (Å²) in [6.45, 7) is 2.14. The van der Waals surface area contributed by atoms with Crippen LogP contribution in [0.1, 0.15) is 31.5 Å². The Kier molecular flexibility index (Phi) is 5.10. The van der Waals surface area contributed by atoms with Crippen molar-refractivity contribution in [2.24, 2.45) is 0 Å². The monoisotopic (exact) mass is 297 g/mol. The van der Waals surface area contributed by atoms with Crippen molar-refractivity contribution in [1.82, 2.24) is 10.1 Å². The van der Waals surface area contributed by atoms with Crippen molar-refractivity contribution >= 4 is 29.1 Å². The highest BCUT2D eigenvalue weighted by molar-refractivity contribution is 7.98. The Morgan fingerprint density at radius 2 is 2.26 bits per heavy atom. The molecule has 19 heavy (non-hydrogen) atoms. The number of aryl methyl sites for hydroxylation is 1. The Morgan fingerprint density at radius 1 is 1.42 bits per heavy atom. The smallest absolute Gasteiger partial charge is 0.237 e. The first kappa shape index (κ1) is 14.2. The molecule has 1 aromatic carbocycles. The number of benzene rings is 1. The molecule has 0 saturated carbocycles. The second kappa shape index (κ2) is 6.82. The fourth-order valence-corrected chi connectivity index (χ4v) is 2.77. The van der Waals surface area contributed by atoms with Gasteiger partial charge in [0.05, 0.1) is 10.8 Å². The average molecular weight is 298 g/mol. The number of nitrogens with two attached hydrogens (primary N) is 1. The highest BCUT2D eigenvalue weighted by Gasteiger charge is 2.10. The van der Waals surface area contributed by atoms with E-state index in [0.717, 1.165) is 30.0 Å². The standard InChI is InChI=1S/C13H16ClN3OS/c1-2-3-7-11-16-12(18-17-11)8-19-13-9(14)5-4-6-10(13)15/h4-6H,2-3,7-8,15H2,1H3. The molecule has 0 aliphatic rings. The molecule has 102 valence electrons. The molecule has 0 aliphatic heterocycles. The highest BCUT2D eigenvalue weighted by Crippen LogP contribution is 2.34. The first-order valence-electron chi connectivity index (χ1n) is 6.19. The van der Waals surface area contributed by atoms with Gasteiger partial charge in [0.1, 0.15) is 0 Å². The van der Waals surface area contributed by atoms with Crippen molar-refractivity contribution in [3.63, 3.8) is 0 Å². The molecular weight excluding hydrogens is 282 g/mol. The molecule has 2 rings (SSSR count). The summed E-state index contributed by atoms with van der Waals surface area (Å²) in [4.78, 5) is 5.20. The van der Waals surface area contributed by atoms with Crippen molar-refractivity contribution in [2.75, 3.05) is 5.73 Å². The summed E-state index contributed by atoms with van der Waals surface area (Å²) in [5, 5.41) is 4.60. The molecule has 2 aromatic rings. The molecule has 0 fully saturated rings. The van der Waals surface area contributed by atoms with Crippen LogP contribution in [-0.2, 0) is 12.2 Å². The second-order valence-corrected chi connectivity index (χ2v) is 5.55. The van der Waals surface area contributed by atoms with Crippen molar-refractivity contribution < 1.29 is 4.52 Å². The minimum absolute atomic E-state index is 0.576. The van der Waals surface area contributed by atoms with Crippen molar-refractivity contribution in [3.8, 4) is 0 Å². The number of hydrogen-bond acceptors (Lipinski definition) is 5. The summed E-state index contributed by atoms with van der Waals surface area (Å²) in [5.41, 5.74) is 6.55. The van der Waals surface area contributed by atoms with Gasteiger partial charge in [0.15, 0.2) is 5.82 Å². The number of halogens is 1. The fraction of sp³-hybridized carbons (Fsp3) is 0.385. The third-order valence-electron chi connectivity index (χ3n) is 2.60. The molecule has 4 nitrogen and oxygen atoms in total. The Labute approximate surface area is 121 Å². The van der Waals surface area contributed by atoms with E-state index >= 15 is 0 Å². The normalized spacial score (nSPS) is 10.8. The molecule has 0 saturated heterocycles. The summed E-state index contributed by atoms with van der Waals surface area (Å²) in [5.74, 6) is 1.95. The van der Waals surface area contributed by atoms with Crippen molar-refractivity contribution in [1.29, 1.82) is 0 Å². The molecule has 0 unspecified atom stereocenters. The Hall–Kier alpha value is -1.20. The predicted molar refractivity (Wildman–Crippen MR) is 78.3 cm³/mol. The van der Waals surface area contributed by atoms with Gasteiger partial charge in [-0.2, -0.15) is 4.98 Å². The number of nitrogen functional groups attached to an aromatic ring is 1. The number of thioether (sulfide) groups is 1. The van der Waals surface area contributed by atoms with Crippen LogP contribution < -0.4 is 5.73 Å². The number of unbranched alkanes of at least 4 members (excludes halogenated alkanes) is 1. The van der Waals surface area contributed by atoms with E-state index in [4.69, 9.17) is 21.9 Å². The van der Waals surface area contributed by atoms with E-state index in [1.54, 1.807) is 0 Å². The molecule has 2 N–H and O–H groups in total. The number of anilines is 1. The van der Waals surface area contributed by atoms with E-state index in [1.807, 2.05) is 18.2 Å². The summed E-state index contributed by atoms with van der Waals surface area (Å²) < 4.78 is 5.20. The van der Waals surface area contributed by atoms with Crippen LogP contribution in [0.3, 0.4) is 0 Å². The van der Waals surface area contributed by atoms with Gasteiger partial charge >= 0.3 is 0 Å². The lowest BCUT2D eigenvalue weighted by Crippen LogP contribution is -1.90. The van der Waals surface area contributed by atoms with Crippen LogP contribution in [0.5, 0.6) is 0 Å². The lowest BCUT2D eigenvalue weighted by molar-refractivity contribution is 0.384. The quantitative estimate of drug-likeness (QED) is 0.646. The van der Waals surface area contributed by atoms with Crippen LogP contribution in [0.2, 0.25) is 5.02 Å². The molecular formula is C13H16ClN3OS. The minimum atomic E-state index is 0.576. The maximum absolute atomic E-state index is 6.10. The van der Waals surface area contributed by atoms with Gasteiger partial charge < -0.3 is 10.3 Å². The Bertz CT molecular complexity index is 524. The van der Waals surface area contributed by atoms with Gasteiger partial charge in [-0.1, -0.05) is 36.2 Å². The molecule has 6 heteroatoms. The zero-order valence-corrected chi connectivity index (χ0v) is 12.3. The topological polar surface area (TPSA) is 64.9 Å². The van der Waals surface area contributed by atoms with Crippen LogP contribution in [0.4, 0.5) is 5.69 Å². The van der Waals surface area contributed by atoms with E-state index in [0.29, 0.717) is 22.4 Å². The van der Waals surface area contributed by atoms with Gasteiger partial charge in [0.25, 0.3) is 0 Å². The van der Waals surface area contributed by atoms with Gasteiger partial charge in [0, 0.05) is 17.0 Å². The van der Waals surface area contributed by atoms with E-state index in [9.17, 15) is 0 Å². The third kappa shape index (κ3) is 3.88. The van der Waals surface area contributed by atoms with Crippen LogP contribution in [0.15, 0.2) is 27.6 Å². The maximum Gasteiger partial charge on any atom is 0.237 e. The van der Waals surface area contributed by atoms with E-state index in [2.05, 4.69) is 17.1 Å². The Balaban J connectivity index is 1.97. The van der Waals surface area contributed by atoms with Crippen LogP contribution in [-0.4, -0.2) is 10.1 Å². The van der Waals surface area contributed by atoms with Crippen molar-refractivity contribution in [3.05, 3.63) is 34.9 Å². The lowest BCUT2D eigenvalue weighted by atomic mass is 10.2. The number of rotatable bonds is 6. The summed E-state index contributed by atoms with van der Waals surface area (Å²) in [6, 6.07) is 5.48. The van der Waals surface area contributed by atoms with Gasteiger partial charge in [-0.25, -0.2) is 0 Å². The molecule has 0 aliphatic carbocycles. The van der Waals surface area contributed by atoms with Crippen LogP contribution in [0, 0.1) is 0 Å². The largest absolute Gasteiger partial charge is 0.398 e. The van der Waals surface area contributed by atoms with Gasteiger partial charge in [0.2, 0.25) is 5.89 Å². The van der Waals surface area contributed by atoms with Crippen LogP contribution >= 0.6 is 23.4 Å². The molecule has 0 spiro atoms. The molecule has 0 amide bonds. The molecule has 1 aromatic heterocycles. The summed E-state index contributed by atoms with van der Waals surface area (Å²) in [7, 11) is 0. The molecule has 0 radical (unpaired) electrons. The zero-order valence-electron chi connectivity index (χ0n) is 10.7. The fourth-order valence-electron chi connectivity index (χ4n) is 1.60. The summed E-state index contributed by atoms with van der Waals surface area (Å²) in [6.07, 6.45) is 3.05. The second-order valence-electron chi connectivity index (χ2n) is 4.15. The first-order chi connectivity index (χ1) is 9.20. The molecule has 0 bridgehead atoms. The van der Waals surface area contributed by atoms with Gasteiger partial charge in [-0.05, 0) is 18.6 Å². The van der Waals surface area contributed by atoms with E-state index in [1.165, 1.54) is 11.8 Å². The van der Waals surface area contributed by atoms with E-state index < -0.39 is 0 Å². The summed E-state index contributed by atoms with van der Waals surface area (Å²) >= 11 is 7.61. The number of hydrogen-bond donors (Lipinski definition) is 1. The predicted octanol–water partition coefficient (Wildman–Crippen LogP) is 3.94. The third-order valence-corrected chi connectivity index (χ3v) is 4.16. The van der Waals surface area contributed by atoms with E-state index in [-0.39, 0.29) is 0 Å². The average Bonchev–Trinajstić information content (AvgIpc) is 2.84. The number of nitrogens with zero attached hydrogens (tertiary/aromatic N) is 2. The number of aromatic nitrogens is 2. The lowest BCUT2D eigenvalue weighted by Gasteiger charge is -2.05. The van der Waals surface area contributed by atoms with Crippen LogP contribution in [0.25, 0.3) is 0 Å². The molecule has 1 heterocycles. The zero-order chi connectivity index (χ0) is 13.7. The maximum atomic E-state index is 6.10. The first-order valence-corrected chi connectivity index (χ1v) is 7.55. The van der Waals surface area contributed by atoms with Gasteiger partial charge in [-0.3, -0.25) is 0 Å². The SMILES string of the molecule is CCCCc1noc(CSc2c(N)cccc2Cl)n1. The highest BCUT2D eigenvalue weighted by atomic mass is 35.5. The Morgan fingerprint density at radius 3 is 3.00 bits per heavy atom. The molecule has 0 atom stereocenters.